The Balaban J connectivity index is 1.62. The maximum absolute atomic E-state index is 12.5. The van der Waals surface area contributed by atoms with Gasteiger partial charge in [-0.25, -0.2) is 4.98 Å². The minimum atomic E-state index is -0.477. The predicted molar refractivity (Wildman–Crippen MR) is 95.9 cm³/mol. The van der Waals surface area contributed by atoms with Crippen LogP contribution in [0.2, 0.25) is 0 Å². The third-order valence-corrected chi connectivity index (χ3v) is 5.66. The third kappa shape index (κ3) is 3.84. The number of aromatic amines is 1. The Morgan fingerprint density at radius 1 is 1.46 bits per heavy atom. The molecule has 0 aliphatic heterocycles. The fourth-order valence-corrected chi connectivity index (χ4v) is 4.19. The molecule has 1 aliphatic rings. The van der Waals surface area contributed by atoms with Gasteiger partial charge in [-0.05, 0) is 23.8 Å². The van der Waals surface area contributed by atoms with Gasteiger partial charge in [-0.2, -0.15) is 0 Å². The summed E-state index contributed by atoms with van der Waals surface area (Å²) in [5, 5.41) is 1.84. The van der Waals surface area contributed by atoms with Crippen LogP contribution >= 0.6 is 11.3 Å². The van der Waals surface area contributed by atoms with Gasteiger partial charge in [0.2, 0.25) is 5.91 Å². The Morgan fingerprint density at radius 2 is 2.21 bits per heavy atom. The van der Waals surface area contributed by atoms with E-state index in [2.05, 4.69) is 9.97 Å². The van der Waals surface area contributed by atoms with Gasteiger partial charge in [-0.3, -0.25) is 9.59 Å². The molecular formula is C17H24N4O2S. The zero-order chi connectivity index (χ0) is 17.1. The van der Waals surface area contributed by atoms with Gasteiger partial charge in [-0.15, -0.1) is 11.3 Å². The summed E-state index contributed by atoms with van der Waals surface area (Å²) in [6.07, 6.45) is 6.88. The molecule has 1 fully saturated rings. The lowest BCUT2D eigenvalue weighted by Crippen LogP contribution is -2.43. The number of likely N-dealkylation sites (N-methyl/N-ethyl adjacent to an activating group) is 1. The minimum Gasteiger partial charge on any atom is -0.337 e. The number of H-pyrrole nitrogens is 1. The van der Waals surface area contributed by atoms with E-state index in [0.29, 0.717) is 22.0 Å². The molecule has 2 aromatic rings. The average molecular weight is 348 g/mol. The van der Waals surface area contributed by atoms with Crippen LogP contribution in [0.25, 0.3) is 10.2 Å². The van der Waals surface area contributed by atoms with Crippen LogP contribution < -0.4 is 11.3 Å². The van der Waals surface area contributed by atoms with Crippen molar-refractivity contribution in [3.63, 3.8) is 0 Å². The molecule has 7 heteroatoms. The number of nitrogens with zero attached hydrogens (tertiary/aromatic N) is 2. The zero-order valence-corrected chi connectivity index (χ0v) is 14.8. The quantitative estimate of drug-likeness (QED) is 0.867. The minimum absolute atomic E-state index is 0.0892. The van der Waals surface area contributed by atoms with Crippen LogP contribution in [0.15, 0.2) is 16.2 Å². The SMILES string of the molecule is CN(Cc1nc2ccsc2c(=O)[nH]1)C(=O)C(N)CC1CCCCC1. The number of nitrogens with two attached hydrogens (primary N) is 1. The first-order chi connectivity index (χ1) is 11.5. The van der Waals surface area contributed by atoms with Crippen molar-refractivity contribution < 1.29 is 4.79 Å². The second-order valence-electron chi connectivity index (χ2n) is 6.69. The molecule has 1 aliphatic carbocycles. The largest absolute Gasteiger partial charge is 0.337 e. The number of hydrogen-bond acceptors (Lipinski definition) is 5. The molecule has 0 radical (unpaired) electrons. The topological polar surface area (TPSA) is 92.1 Å². The molecule has 24 heavy (non-hydrogen) atoms. The van der Waals surface area contributed by atoms with Crippen LogP contribution in [0, 0.1) is 5.92 Å². The number of aromatic nitrogens is 2. The van der Waals surface area contributed by atoms with Gasteiger partial charge in [-0.1, -0.05) is 32.1 Å². The molecule has 1 atom stereocenters. The van der Waals surface area contributed by atoms with Gasteiger partial charge in [0, 0.05) is 7.05 Å². The maximum Gasteiger partial charge on any atom is 0.268 e. The van der Waals surface area contributed by atoms with E-state index in [4.69, 9.17) is 5.73 Å². The first kappa shape index (κ1) is 17.1. The number of nitrogens with one attached hydrogen (secondary N) is 1. The number of carbonyl (C=O) groups excluding carboxylic acids is 1. The molecule has 6 nitrogen and oxygen atoms in total. The Hall–Kier alpha value is -1.73. The number of rotatable bonds is 5. The Labute approximate surface area is 145 Å². The van der Waals surface area contributed by atoms with Crippen molar-refractivity contribution in [2.75, 3.05) is 7.05 Å². The first-order valence-corrected chi connectivity index (χ1v) is 9.39. The van der Waals surface area contributed by atoms with Crippen molar-refractivity contribution in [3.8, 4) is 0 Å². The van der Waals surface area contributed by atoms with E-state index in [-0.39, 0.29) is 18.0 Å². The van der Waals surface area contributed by atoms with Gasteiger partial charge < -0.3 is 15.6 Å². The van der Waals surface area contributed by atoms with Gasteiger partial charge >= 0.3 is 0 Å². The number of carbonyl (C=O) groups is 1. The molecule has 2 heterocycles. The molecule has 1 unspecified atom stereocenters. The molecule has 1 amide bonds. The van der Waals surface area contributed by atoms with Crippen molar-refractivity contribution in [2.24, 2.45) is 11.7 Å². The summed E-state index contributed by atoms with van der Waals surface area (Å²) in [5.41, 5.74) is 6.64. The maximum atomic E-state index is 12.5. The number of amides is 1. The van der Waals surface area contributed by atoms with Crippen LogP contribution in [0.3, 0.4) is 0 Å². The monoisotopic (exact) mass is 348 g/mol. The summed E-state index contributed by atoms with van der Waals surface area (Å²) in [6, 6.07) is 1.34. The van der Waals surface area contributed by atoms with Crippen LogP contribution in [-0.4, -0.2) is 33.9 Å². The Kier molecular flexibility index (Phi) is 5.30. The molecule has 0 saturated heterocycles. The fourth-order valence-electron chi connectivity index (χ4n) is 3.46. The number of hydrogen-bond donors (Lipinski definition) is 2. The van der Waals surface area contributed by atoms with Crippen LogP contribution in [0.4, 0.5) is 0 Å². The smallest absolute Gasteiger partial charge is 0.268 e. The second kappa shape index (κ2) is 7.44. The van der Waals surface area contributed by atoms with E-state index < -0.39 is 6.04 Å². The van der Waals surface area contributed by atoms with Gasteiger partial charge in [0.15, 0.2) is 0 Å². The summed E-state index contributed by atoms with van der Waals surface area (Å²) in [7, 11) is 1.71. The summed E-state index contributed by atoms with van der Waals surface area (Å²) in [6.45, 7) is 0.262. The molecule has 1 saturated carbocycles. The normalized spacial score (nSPS) is 17.1. The molecule has 0 spiro atoms. The number of thiophene rings is 1. The summed E-state index contributed by atoms with van der Waals surface area (Å²) < 4.78 is 0.613. The van der Waals surface area contributed by atoms with E-state index in [0.717, 1.165) is 6.42 Å². The van der Waals surface area contributed by atoms with E-state index in [1.54, 1.807) is 11.9 Å². The Morgan fingerprint density at radius 3 is 2.96 bits per heavy atom. The highest BCUT2D eigenvalue weighted by atomic mass is 32.1. The van der Waals surface area contributed by atoms with Crippen molar-refractivity contribution in [2.45, 2.75) is 51.1 Å². The molecular weight excluding hydrogens is 324 g/mol. The summed E-state index contributed by atoms with van der Waals surface area (Å²) in [4.78, 5) is 33.2. The molecule has 130 valence electrons. The molecule has 2 aromatic heterocycles. The first-order valence-electron chi connectivity index (χ1n) is 8.51. The highest BCUT2D eigenvalue weighted by Crippen LogP contribution is 2.27. The molecule has 0 bridgehead atoms. The van der Waals surface area contributed by atoms with Crippen LogP contribution in [0.1, 0.15) is 44.3 Å². The third-order valence-electron chi connectivity index (χ3n) is 4.76. The zero-order valence-electron chi connectivity index (χ0n) is 14.0. The summed E-state index contributed by atoms with van der Waals surface area (Å²) in [5.74, 6) is 0.964. The molecule has 0 aromatic carbocycles. The highest BCUT2D eigenvalue weighted by molar-refractivity contribution is 7.17. The van der Waals surface area contributed by atoms with Gasteiger partial charge in [0.1, 0.15) is 10.5 Å². The van der Waals surface area contributed by atoms with Crippen LogP contribution in [-0.2, 0) is 11.3 Å². The van der Waals surface area contributed by atoms with E-state index in [1.165, 1.54) is 43.4 Å². The lowest BCUT2D eigenvalue weighted by Gasteiger charge is -2.26. The standard InChI is InChI=1S/C17H24N4O2S/c1-21(17(23)12(18)9-11-5-3-2-4-6-11)10-14-19-13-7-8-24-15(13)16(22)20-14/h7-8,11-12H,2-6,9-10,18H2,1H3,(H,19,20,22). The molecule has 3 N–H and O–H groups in total. The Bertz CT molecular complexity index is 763. The van der Waals surface area contributed by atoms with Crippen molar-refractivity contribution in [3.05, 3.63) is 27.6 Å². The lowest BCUT2D eigenvalue weighted by atomic mass is 9.85. The second-order valence-corrected chi connectivity index (χ2v) is 7.60. The lowest BCUT2D eigenvalue weighted by molar-refractivity contribution is -0.132. The highest BCUT2D eigenvalue weighted by Gasteiger charge is 2.24. The van der Waals surface area contributed by atoms with Gasteiger partial charge in [0.25, 0.3) is 5.56 Å². The number of fused-ring (bicyclic) bond motifs is 1. The molecule has 3 rings (SSSR count). The van der Waals surface area contributed by atoms with E-state index in [1.807, 2.05) is 11.4 Å². The van der Waals surface area contributed by atoms with Crippen molar-refractivity contribution in [1.82, 2.24) is 14.9 Å². The van der Waals surface area contributed by atoms with Crippen molar-refractivity contribution in [1.29, 1.82) is 0 Å². The van der Waals surface area contributed by atoms with Crippen LogP contribution in [0.5, 0.6) is 0 Å². The van der Waals surface area contributed by atoms with Gasteiger partial charge in [0.05, 0.1) is 18.1 Å². The fraction of sp³-hybridized carbons (Fsp3) is 0.588. The van der Waals surface area contributed by atoms with E-state index in [9.17, 15) is 9.59 Å². The average Bonchev–Trinajstić information content (AvgIpc) is 3.04. The summed E-state index contributed by atoms with van der Waals surface area (Å²) >= 11 is 1.37. The van der Waals surface area contributed by atoms with Crippen molar-refractivity contribution >= 4 is 27.5 Å². The predicted octanol–water partition coefficient (Wildman–Crippen LogP) is 2.24. The van der Waals surface area contributed by atoms with E-state index >= 15 is 0 Å².